The van der Waals surface area contributed by atoms with E-state index in [0.29, 0.717) is 12.8 Å². The molecule has 2 atom stereocenters. The minimum atomic E-state index is -0.991. The molecule has 5 heteroatoms. The number of hydrogen-bond donors (Lipinski definition) is 1. The summed E-state index contributed by atoms with van der Waals surface area (Å²) in [5.41, 5.74) is 0.163. The highest BCUT2D eigenvalue weighted by Gasteiger charge is 2.36. The summed E-state index contributed by atoms with van der Waals surface area (Å²) < 4.78 is 13.7. The first-order chi connectivity index (χ1) is 9.52. The van der Waals surface area contributed by atoms with E-state index in [4.69, 9.17) is 0 Å². The molecular weight excluding hydrogens is 261 g/mol. The molecule has 0 aliphatic heterocycles. The molecule has 4 nitrogen and oxygen atoms in total. The number of carboxylic acid groups (broad SMARTS) is 1. The van der Waals surface area contributed by atoms with Crippen molar-refractivity contribution in [3.8, 4) is 0 Å². The lowest BCUT2D eigenvalue weighted by Gasteiger charge is -2.28. The Morgan fingerprint density at radius 3 is 2.40 bits per heavy atom. The van der Waals surface area contributed by atoms with Gasteiger partial charge in [0.05, 0.1) is 17.5 Å². The number of carbonyl (C=O) groups excluding carboxylic acids is 1. The fourth-order valence-corrected chi connectivity index (χ4v) is 2.45. The summed E-state index contributed by atoms with van der Waals surface area (Å²) >= 11 is 0. The second-order valence-electron chi connectivity index (χ2n) is 4.84. The number of anilines is 1. The van der Waals surface area contributed by atoms with Crippen LogP contribution in [0.1, 0.15) is 12.8 Å². The SMILES string of the molecule is CN(C(=O)[C@@H]1CC=CC[C@@H]1C(=O)O)c1ccccc1F. The minimum Gasteiger partial charge on any atom is -0.481 e. The number of carbonyl (C=O) groups is 2. The Hall–Kier alpha value is -2.17. The molecule has 1 N–H and O–H groups in total. The number of carboxylic acids is 1. The molecule has 1 amide bonds. The van der Waals surface area contributed by atoms with Crippen molar-refractivity contribution in [2.24, 2.45) is 11.8 Å². The van der Waals surface area contributed by atoms with Gasteiger partial charge < -0.3 is 10.0 Å². The first-order valence-corrected chi connectivity index (χ1v) is 6.42. The van der Waals surface area contributed by atoms with Crippen molar-refractivity contribution in [1.29, 1.82) is 0 Å². The molecule has 1 aromatic rings. The van der Waals surface area contributed by atoms with E-state index in [1.165, 1.54) is 24.1 Å². The van der Waals surface area contributed by atoms with E-state index < -0.39 is 23.6 Å². The summed E-state index contributed by atoms with van der Waals surface area (Å²) in [5.74, 6) is -3.26. The number of rotatable bonds is 3. The van der Waals surface area contributed by atoms with Crippen molar-refractivity contribution in [1.82, 2.24) is 0 Å². The third-order valence-corrected chi connectivity index (χ3v) is 3.61. The number of para-hydroxylation sites is 1. The highest BCUT2D eigenvalue weighted by Crippen LogP contribution is 2.29. The van der Waals surface area contributed by atoms with Crippen LogP contribution in [-0.2, 0) is 9.59 Å². The topological polar surface area (TPSA) is 57.6 Å². The van der Waals surface area contributed by atoms with Crippen LogP contribution in [0.25, 0.3) is 0 Å². The zero-order valence-electron chi connectivity index (χ0n) is 11.1. The summed E-state index contributed by atoms with van der Waals surface area (Å²) in [6.07, 6.45) is 4.27. The van der Waals surface area contributed by atoms with Gasteiger partial charge in [-0.2, -0.15) is 0 Å². The maximum atomic E-state index is 13.7. The zero-order valence-corrected chi connectivity index (χ0v) is 11.1. The van der Waals surface area contributed by atoms with Gasteiger partial charge in [-0.15, -0.1) is 0 Å². The quantitative estimate of drug-likeness (QED) is 0.863. The van der Waals surface area contributed by atoms with Gasteiger partial charge in [0.25, 0.3) is 0 Å². The second kappa shape index (κ2) is 5.86. The molecule has 1 aliphatic carbocycles. The summed E-state index contributed by atoms with van der Waals surface area (Å²) in [5, 5.41) is 9.19. The van der Waals surface area contributed by atoms with Gasteiger partial charge in [-0.25, -0.2) is 4.39 Å². The summed E-state index contributed by atoms with van der Waals surface area (Å²) in [4.78, 5) is 24.8. The van der Waals surface area contributed by atoms with Crippen LogP contribution in [-0.4, -0.2) is 24.0 Å². The van der Waals surface area contributed by atoms with E-state index in [1.807, 2.05) is 0 Å². The standard InChI is InChI=1S/C15H16FNO3/c1-17(13-9-5-4-8-12(13)16)14(18)10-6-2-3-7-11(10)15(19)20/h2-5,8-11H,6-7H2,1H3,(H,19,20)/t10-,11+/m1/s1. The molecule has 0 fully saturated rings. The monoisotopic (exact) mass is 277 g/mol. The summed E-state index contributed by atoms with van der Waals surface area (Å²) in [6.45, 7) is 0. The summed E-state index contributed by atoms with van der Waals surface area (Å²) in [6, 6.07) is 5.95. The van der Waals surface area contributed by atoms with Gasteiger partial charge in [-0.1, -0.05) is 24.3 Å². The predicted octanol–water partition coefficient (Wildman–Crippen LogP) is 2.46. The Morgan fingerprint density at radius 1 is 1.20 bits per heavy atom. The van der Waals surface area contributed by atoms with Crippen molar-refractivity contribution in [2.45, 2.75) is 12.8 Å². The van der Waals surface area contributed by atoms with E-state index in [1.54, 1.807) is 24.3 Å². The number of nitrogens with zero attached hydrogens (tertiary/aromatic N) is 1. The largest absolute Gasteiger partial charge is 0.481 e. The van der Waals surface area contributed by atoms with Gasteiger partial charge in [0.15, 0.2) is 0 Å². The third-order valence-electron chi connectivity index (χ3n) is 3.61. The van der Waals surface area contributed by atoms with Gasteiger partial charge in [0.1, 0.15) is 5.82 Å². The molecule has 0 saturated heterocycles. The van der Waals surface area contributed by atoms with Gasteiger partial charge in [0, 0.05) is 7.05 Å². The van der Waals surface area contributed by atoms with Crippen LogP contribution >= 0.6 is 0 Å². The summed E-state index contributed by atoms with van der Waals surface area (Å²) in [7, 11) is 1.47. The van der Waals surface area contributed by atoms with Crippen LogP contribution in [0.4, 0.5) is 10.1 Å². The molecule has 106 valence electrons. The van der Waals surface area contributed by atoms with Crippen molar-refractivity contribution in [2.75, 3.05) is 11.9 Å². The minimum absolute atomic E-state index is 0.163. The molecule has 20 heavy (non-hydrogen) atoms. The molecular formula is C15H16FNO3. The predicted molar refractivity (Wildman–Crippen MR) is 72.8 cm³/mol. The van der Waals surface area contributed by atoms with Crippen LogP contribution in [0.3, 0.4) is 0 Å². The molecule has 0 saturated carbocycles. The maximum absolute atomic E-state index is 13.7. The van der Waals surface area contributed by atoms with E-state index >= 15 is 0 Å². The lowest BCUT2D eigenvalue weighted by molar-refractivity contribution is -0.146. The first-order valence-electron chi connectivity index (χ1n) is 6.42. The van der Waals surface area contributed by atoms with Crippen LogP contribution < -0.4 is 4.90 Å². The fraction of sp³-hybridized carbons (Fsp3) is 0.333. The van der Waals surface area contributed by atoms with Crippen molar-refractivity contribution in [3.05, 3.63) is 42.2 Å². The number of allylic oxidation sites excluding steroid dienone is 2. The number of hydrogen-bond acceptors (Lipinski definition) is 2. The Balaban J connectivity index is 2.24. The highest BCUT2D eigenvalue weighted by atomic mass is 19.1. The van der Waals surface area contributed by atoms with E-state index in [9.17, 15) is 19.1 Å². The Bertz CT molecular complexity index is 556. The number of halogens is 1. The third kappa shape index (κ3) is 2.71. The first kappa shape index (κ1) is 14.2. The fourth-order valence-electron chi connectivity index (χ4n) is 2.45. The molecule has 0 heterocycles. The average Bonchev–Trinajstić information content (AvgIpc) is 2.46. The van der Waals surface area contributed by atoms with Gasteiger partial charge in [-0.3, -0.25) is 9.59 Å². The van der Waals surface area contributed by atoms with E-state index in [-0.39, 0.29) is 11.6 Å². The van der Waals surface area contributed by atoms with E-state index in [0.717, 1.165) is 0 Å². The molecule has 2 rings (SSSR count). The highest BCUT2D eigenvalue weighted by molar-refractivity contribution is 5.97. The Labute approximate surface area is 116 Å². The number of aliphatic carboxylic acids is 1. The number of benzene rings is 1. The van der Waals surface area contributed by atoms with Crippen LogP contribution in [0.2, 0.25) is 0 Å². The van der Waals surface area contributed by atoms with Gasteiger partial charge in [0.2, 0.25) is 5.91 Å². The van der Waals surface area contributed by atoms with Crippen molar-refractivity contribution >= 4 is 17.6 Å². The Morgan fingerprint density at radius 2 is 1.80 bits per heavy atom. The smallest absolute Gasteiger partial charge is 0.307 e. The lowest BCUT2D eigenvalue weighted by atomic mass is 9.82. The number of amides is 1. The molecule has 0 spiro atoms. The average molecular weight is 277 g/mol. The normalized spacial score (nSPS) is 21.5. The van der Waals surface area contributed by atoms with Crippen LogP contribution in [0.5, 0.6) is 0 Å². The van der Waals surface area contributed by atoms with Gasteiger partial charge in [-0.05, 0) is 25.0 Å². The van der Waals surface area contributed by atoms with Gasteiger partial charge >= 0.3 is 5.97 Å². The lowest BCUT2D eigenvalue weighted by Crippen LogP contribution is -2.40. The second-order valence-corrected chi connectivity index (χ2v) is 4.84. The zero-order chi connectivity index (χ0) is 14.7. The molecule has 0 radical (unpaired) electrons. The molecule has 0 bridgehead atoms. The van der Waals surface area contributed by atoms with Crippen molar-refractivity contribution in [3.63, 3.8) is 0 Å². The molecule has 0 unspecified atom stereocenters. The van der Waals surface area contributed by atoms with Crippen molar-refractivity contribution < 1.29 is 19.1 Å². The molecule has 1 aromatic carbocycles. The Kier molecular flexibility index (Phi) is 4.17. The van der Waals surface area contributed by atoms with Crippen LogP contribution in [0.15, 0.2) is 36.4 Å². The van der Waals surface area contributed by atoms with E-state index in [2.05, 4.69) is 0 Å². The van der Waals surface area contributed by atoms with Crippen LogP contribution in [0, 0.1) is 17.7 Å². The molecule has 0 aromatic heterocycles. The molecule has 1 aliphatic rings. The maximum Gasteiger partial charge on any atom is 0.307 e.